The molecule has 28 heavy (non-hydrogen) atoms. The summed E-state index contributed by atoms with van der Waals surface area (Å²) in [6, 6.07) is 5.25. The number of nitro groups is 1. The Hall–Kier alpha value is -2.99. The summed E-state index contributed by atoms with van der Waals surface area (Å²) in [6.07, 6.45) is -1.97. The molecule has 1 aromatic rings. The van der Waals surface area contributed by atoms with E-state index in [9.17, 15) is 34.4 Å². The number of nitro benzene ring substituents is 1. The molecule has 0 aromatic heterocycles. The van der Waals surface area contributed by atoms with Gasteiger partial charge in [-0.3, -0.25) is 29.4 Å². The van der Waals surface area contributed by atoms with Gasteiger partial charge in [0.2, 0.25) is 17.3 Å². The largest absolute Gasteiger partial charge is 0.457 e. The molecule has 1 aliphatic heterocycles. The lowest BCUT2D eigenvalue weighted by atomic mass is 10.2. The van der Waals surface area contributed by atoms with Gasteiger partial charge in [-0.15, -0.1) is 0 Å². The number of amides is 1. The molecule has 0 radical (unpaired) electrons. The number of hydrogen-bond acceptors (Lipinski definition) is 10. The first kappa shape index (κ1) is 21.3. The number of rotatable bonds is 8. The van der Waals surface area contributed by atoms with E-state index < -0.39 is 46.1 Å². The van der Waals surface area contributed by atoms with Crippen molar-refractivity contribution < 1.29 is 38.7 Å². The van der Waals surface area contributed by atoms with Gasteiger partial charge < -0.3 is 14.6 Å². The number of esters is 2. The highest BCUT2D eigenvalue weighted by molar-refractivity contribution is 8.14. The van der Waals surface area contributed by atoms with Gasteiger partial charge in [-0.2, -0.15) is 0 Å². The maximum atomic E-state index is 12.0. The molecule has 150 valence electrons. The molecule has 2 rings (SSSR count). The van der Waals surface area contributed by atoms with Crippen LogP contribution < -0.4 is 0 Å². The van der Waals surface area contributed by atoms with Crippen molar-refractivity contribution in [3.63, 3.8) is 0 Å². The zero-order valence-corrected chi connectivity index (χ0v) is 15.4. The summed E-state index contributed by atoms with van der Waals surface area (Å²) in [7, 11) is 0. The fourth-order valence-corrected chi connectivity index (χ4v) is 3.20. The van der Waals surface area contributed by atoms with Crippen LogP contribution in [0.4, 0.5) is 5.69 Å². The third kappa shape index (κ3) is 5.50. The molecule has 0 bridgehead atoms. The van der Waals surface area contributed by atoms with E-state index in [4.69, 9.17) is 4.74 Å². The highest BCUT2D eigenvalue weighted by Crippen LogP contribution is 2.32. The molecule has 0 aliphatic carbocycles. The highest BCUT2D eigenvalue weighted by Gasteiger charge is 2.45. The number of likely N-dealkylation sites (tertiary alicyclic amines) is 1. The number of carbonyl (C=O) groups excluding carboxylic acids is 4. The van der Waals surface area contributed by atoms with E-state index in [2.05, 4.69) is 4.74 Å². The standard InChI is InChI=1S/C16H16N2O9S/c1-9(19)26-8-14(21)28-13-6-12(20)17(13)15(22)16(23)27-7-10-2-4-11(5-3-10)18(24)25/h2-5,13,15,22H,6-8H2,1H3. The van der Waals surface area contributed by atoms with Crippen molar-refractivity contribution in [1.29, 1.82) is 0 Å². The molecule has 0 saturated carbocycles. The van der Waals surface area contributed by atoms with Crippen LogP contribution >= 0.6 is 11.8 Å². The molecule has 1 aromatic carbocycles. The number of carbonyl (C=O) groups is 4. The minimum Gasteiger partial charge on any atom is -0.457 e. The predicted molar refractivity (Wildman–Crippen MR) is 93.4 cm³/mol. The van der Waals surface area contributed by atoms with E-state index in [-0.39, 0.29) is 18.7 Å². The summed E-state index contributed by atoms with van der Waals surface area (Å²) in [6.45, 7) is 0.389. The Morgan fingerprint density at radius 1 is 1.32 bits per heavy atom. The van der Waals surface area contributed by atoms with Crippen LogP contribution in [0.2, 0.25) is 0 Å². The number of β-lactam (4-membered cyclic amide) rings is 1. The second-order valence-corrected chi connectivity index (χ2v) is 6.87. The van der Waals surface area contributed by atoms with Gasteiger partial charge in [0, 0.05) is 19.1 Å². The number of thioether (sulfide) groups is 1. The first-order valence-corrected chi connectivity index (χ1v) is 8.79. The number of nitrogens with zero attached hydrogens (tertiary/aromatic N) is 2. The second-order valence-electron chi connectivity index (χ2n) is 5.63. The van der Waals surface area contributed by atoms with Crippen molar-refractivity contribution in [2.45, 2.75) is 31.6 Å². The number of non-ortho nitro benzene ring substituents is 1. The van der Waals surface area contributed by atoms with Gasteiger partial charge in [-0.1, -0.05) is 11.8 Å². The molecule has 2 atom stereocenters. The third-order valence-corrected chi connectivity index (χ3v) is 4.66. The Balaban J connectivity index is 1.86. The average molecular weight is 412 g/mol. The molecule has 1 N–H and O–H groups in total. The summed E-state index contributed by atoms with van der Waals surface area (Å²) >= 11 is 0.662. The van der Waals surface area contributed by atoms with Crippen LogP contribution in [0.25, 0.3) is 0 Å². The minimum absolute atomic E-state index is 0.0663. The van der Waals surface area contributed by atoms with E-state index in [1.165, 1.54) is 24.3 Å². The molecule has 0 spiro atoms. The van der Waals surface area contributed by atoms with Crippen molar-refractivity contribution in [1.82, 2.24) is 4.90 Å². The molecule has 12 heteroatoms. The van der Waals surface area contributed by atoms with E-state index in [1.54, 1.807) is 0 Å². The van der Waals surface area contributed by atoms with Gasteiger partial charge >= 0.3 is 11.9 Å². The topological polar surface area (TPSA) is 153 Å². The highest BCUT2D eigenvalue weighted by atomic mass is 32.2. The van der Waals surface area contributed by atoms with Gasteiger partial charge in [0.05, 0.1) is 16.7 Å². The fourth-order valence-electron chi connectivity index (χ4n) is 2.20. The normalized spacial score (nSPS) is 16.7. The van der Waals surface area contributed by atoms with Gasteiger partial charge in [0.25, 0.3) is 5.69 Å². The van der Waals surface area contributed by atoms with E-state index in [0.717, 1.165) is 11.8 Å². The lowest BCUT2D eigenvalue weighted by Crippen LogP contribution is -2.59. The van der Waals surface area contributed by atoms with Crippen LogP contribution in [-0.4, -0.2) is 56.1 Å². The van der Waals surface area contributed by atoms with Crippen LogP contribution in [-0.2, 0) is 35.3 Å². The summed E-state index contributed by atoms with van der Waals surface area (Å²) in [5, 5.41) is 19.3. The van der Waals surface area contributed by atoms with Crippen LogP contribution in [0, 0.1) is 10.1 Å². The summed E-state index contributed by atoms with van der Waals surface area (Å²) in [5.74, 6) is -2.28. The predicted octanol–water partition coefficient (Wildman–Crippen LogP) is 0.338. The maximum absolute atomic E-state index is 12.0. The van der Waals surface area contributed by atoms with Crippen LogP contribution in [0.5, 0.6) is 0 Å². The number of aliphatic hydroxyl groups is 1. The molecule has 1 amide bonds. The van der Waals surface area contributed by atoms with Crippen LogP contribution in [0.15, 0.2) is 24.3 Å². The van der Waals surface area contributed by atoms with Gasteiger partial charge in [-0.05, 0) is 17.7 Å². The summed E-state index contributed by atoms with van der Waals surface area (Å²) in [5.41, 5.74) is 0.322. The van der Waals surface area contributed by atoms with Gasteiger partial charge in [0.1, 0.15) is 6.61 Å². The quantitative estimate of drug-likeness (QED) is 0.273. The number of benzene rings is 1. The lowest BCUT2D eigenvalue weighted by Gasteiger charge is -2.41. The molecule has 11 nitrogen and oxygen atoms in total. The van der Waals surface area contributed by atoms with Gasteiger partial charge in [0.15, 0.2) is 6.61 Å². The number of ether oxygens (including phenoxy) is 2. The average Bonchev–Trinajstić information content (AvgIpc) is 2.64. The van der Waals surface area contributed by atoms with E-state index >= 15 is 0 Å². The number of hydrogen-bond donors (Lipinski definition) is 1. The molecule has 2 unspecified atom stereocenters. The maximum Gasteiger partial charge on any atom is 0.356 e. The Labute approximate surface area is 162 Å². The van der Waals surface area contributed by atoms with Crippen LogP contribution in [0.3, 0.4) is 0 Å². The van der Waals surface area contributed by atoms with E-state index in [1.807, 2.05) is 0 Å². The minimum atomic E-state index is -1.90. The van der Waals surface area contributed by atoms with Crippen molar-refractivity contribution in [3.8, 4) is 0 Å². The molecule has 1 aliphatic rings. The van der Waals surface area contributed by atoms with Gasteiger partial charge in [-0.25, -0.2) is 4.79 Å². The van der Waals surface area contributed by atoms with Crippen molar-refractivity contribution >= 4 is 40.4 Å². The van der Waals surface area contributed by atoms with Crippen molar-refractivity contribution in [2.75, 3.05) is 6.61 Å². The zero-order valence-electron chi connectivity index (χ0n) is 14.6. The Bertz CT molecular complexity index is 796. The van der Waals surface area contributed by atoms with E-state index in [0.29, 0.717) is 17.3 Å². The summed E-state index contributed by atoms with van der Waals surface area (Å²) < 4.78 is 9.46. The van der Waals surface area contributed by atoms with Crippen molar-refractivity contribution in [2.24, 2.45) is 0 Å². The Morgan fingerprint density at radius 2 is 1.96 bits per heavy atom. The lowest BCUT2D eigenvalue weighted by molar-refractivity contribution is -0.384. The monoisotopic (exact) mass is 412 g/mol. The second kappa shape index (κ2) is 9.28. The van der Waals surface area contributed by atoms with Crippen molar-refractivity contribution in [3.05, 3.63) is 39.9 Å². The first-order valence-electron chi connectivity index (χ1n) is 7.91. The molecule has 1 fully saturated rings. The zero-order chi connectivity index (χ0) is 20.8. The molecule has 1 saturated heterocycles. The Morgan fingerprint density at radius 3 is 2.50 bits per heavy atom. The smallest absolute Gasteiger partial charge is 0.356 e. The Kier molecular flexibility index (Phi) is 7.06. The SMILES string of the molecule is CC(=O)OCC(=O)SC1CC(=O)N1C(O)C(=O)OCc1ccc([N+](=O)[O-])cc1. The van der Waals surface area contributed by atoms with Crippen LogP contribution in [0.1, 0.15) is 18.9 Å². The third-order valence-electron chi connectivity index (χ3n) is 3.61. The molecular formula is C16H16N2O9S. The summed E-state index contributed by atoms with van der Waals surface area (Å²) in [4.78, 5) is 56.9. The molecular weight excluding hydrogens is 396 g/mol. The first-order chi connectivity index (χ1) is 13.2. The fraction of sp³-hybridized carbons (Fsp3) is 0.375. The molecule has 1 heterocycles. The number of aliphatic hydroxyl groups excluding tert-OH is 1.